The maximum absolute atomic E-state index is 10.8. The van der Waals surface area contributed by atoms with E-state index in [1.165, 1.54) is 27.1 Å². The lowest BCUT2D eigenvalue weighted by atomic mass is 10.1. The molecule has 0 radical (unpaired) electrons. The summed E-state index contributed by atoms with van der Waals surface area (Å²) in [5.41, 5.74) is 1.25. The fraction of sp³-hybridized carbons (Fsp3) is 0.500. The molecule has 114 valence electrons. The van der Waals surface area contributed by atoms with Crippen LogP contribution in [0.4, 0.5) is 0 Å². The Balaban J connectivity index is 2.38. The van der Waals surface area contributed by atoms with Crippen LogP contribution in [0.3, 0.4) is 0 Å². The maximum atomic E-state index is 10.8. The quantitative estimate of drug-likeness (QED) is 0.825. The van der Waals surface area contributed by atoms with Crippen molar-refractivity contribution in [2.24, 2.45) is 0 Å². The molecule has 7 heteroatoms. The van der Waals surface area contributed by atoms with E-state index in [9.17, 15) is 4.79 Å². The monoisotopic (exact) mass is 325 g/mol. The first-order valence-corrected chi connectivity index (χ1v) is 8.59. The summed E-state index contributed by atoms with van der Waals surface area (Å²) < 4.78 is 2.06. The highest BCUT2D eigenvalue weighted by Crippen LogP contribution is 2.32. The first-order valence-electron chi connectivity index (χ1n) is 6.79. The minimum Gasteiger partial charge on any atom is -0.481 e. The number of rotatable bonds is 6. The van der Waals surface area contributed by atoms with E-state index in [4.69, 9.17) is 5.11 Å². The molecule has 0 bridgehead atoms. The Morgan fingerprint density at radius 1 is 1.48 bits per heavy atom. The van der Waals surface area contributed by atoms with Crippen LogP contribution < -0.4 is 0 Å². The number of carboxylic acid groups (broad SMARTS) is 1. The molecule has 2 rings (SSSR count). The van der Waals surface area contributed by atoms with Gasteiger partial charge in [-0.05, 0) is 32.4 Å². The number of thioether (sulfide) groups is 1. The Kier molecular flexibility index (Phi) is 5.05. The van der Waals surface area contributed by atoms with E-state index in [2.05, 4.69) is 41.6 Å². The van der Waals surface area contributed by atoms with Gasteiger partial charge in [-0.1, -0.05) is 18.7 Å². The Bertz CT molecular complexity index is 649. The topological polar surface area (TPSA) is 68.0 Å². The number of nitrogens with zero attached hydrogens (tertiary/aromatic N) is 3. The molecule has 0 spiro atoms. The van der Waals surface area contributed by atoms with Crippen molar-refractivity contribution in [2.45, 2.75) is 45.3 Å². The number of hydrogen-bond donors (Lipinski definition) is 1. The Hall–Kier alpha value is -1.34. The third-order valence-corrected chi connectivity index (χ3v) is 5.20. The van der Waals surface area contributed by atoms with Gasteiger partial charge in [-0.25, -0.2) is 0 Å². The van der Waals surface area contributed by atoms with Gasteiger partial charge < -0.3 is 5.11 Å². The number of thiophene rings is 1. The second-order valence-electron chi connectivity index (χ2n) is 4.85. The van der Waals surface area contributed by atoms with Crippen LogP contribution >= 0.6 is 23.1 Å². The fourth-order valence-electron chi connectivity index (χ4n) is 2.37. The van der Waals surface area contributed by atoms with Gasteiger partial charge in [-0.2, -0.15) is 0 Å². The normalized spacial score (nSPS) is 12.6. The summed E-state index contributed by atoms with van der Waals surface area (Å²) >= 11 is 3.00. The second-order valence-corrected chi connectivity index (χ2v) is 7.25. The predicted molar refractivity (Wildman–Crippen MR) is 85.4 cm³/mol. The van der Waals surface area contributed by atoms with Crippen LogP contribution in [0.5, 0.6) is 0 Å². The van der Waals surface area contributed by atoms with Gasteiger partial charge in [0.25, 0.3) is 0 Å². The highest BCUT2D eigenvalue weighted by atomic mass is 32.2. The zero-order valence-corrected chi connectivity index (χ0v) is 14.2. The highest BCUT2D eigenvalue weighted by molar-refractivity contribution is 7.99. The molecule has 5 nitrogen and oxygen atoms in total. The van der Waals surface area contributed by atoms with Crippen LogP contribution in [0.25, 0.3) is 0 Å². The molecule has 2 aromatic rings. The molecule has 21 heavy (non-hydrogen) atoms. The van der Waals surface area contributed by atoms with E-state index < -0.39 is 5.97 Å². The molecule has 1 N–H and O–H groups in total. The third kappa shape index (κ3) is 3.47. The van der Waals surface area contributed by atoms with E-state index in [0.29, 0.717) is 5.16 Å². The van der Waals surface area contributed by atoms with Gasteiger partial charge in [0, 0.05) is 16.2 Å². The lowest BCUT2D eigenvalue weighted by molar-refractivity contribution is -0.133. The van der Waals surface area contributed by atoms with Crippen molar-refractivity contribution in [3.05, 3.63) is 27.2 Å². The molecule has 1 unspecified atom stereocenters. The number of aliphatic carboxylic acids is 1. The molecular weight excluding hydrogens is 306 g/mol. The summed E-state index contributed by atoms with van der Waals surface area (Å²) in [6.45, 7) is 8.36. The Morgan fingerprint density at radius 2 is 2.19 bits per heavy atom. The van der Waals surface area contributed by atoms with Crippen LogP contribution in [-0.2, 0) is 11.2 Å². The minimum absolute atomic E-state index is 0.00376. The van der Waals surface area contributed by atoms with Crippen LogP contribution in [-0.4, -0.2) is 31.6 Å². The van der Waals surface area contributed by atoms with Crippen LogP contribution in [0, 0.1) is 13.8 Å². The van der Waals surface area contributed by atoms with Crippen molar-refractivity contribution in [1.82, 2.24) is 14.8 Å². The van der Waals surface area contributed by atoms with Crippen molar-refractivity contribution < 1.29 is 9.90 Å². The number of carbonyl (C=O) groups is 1. The predicted octanol–water partition coefficient (Wildman–Crippen LogP) is 3.30. The van der Waals surface area contributed by atoms with Crippen molar-refractivity contribution >= 4 is 29.1 Å². The van der Waals surface area contributed by atoms with Crippen molar-refractivity contribution in [3.63, 3.8) is 0 Å². The zero-order chi connectivity index (χ0) is 15.6. The van der Waals surface area contributed by atoms with E-state index in [-0.39, 0.29) is 11.8 Å². The van der Waals surface area contributed by atoms with Crippen LogP contribution in [0.15, 0.2) is 11.2 Å². The standard InChI is InChI=1S/C14H19N3O2S2/c1-5-12-15-16-14(20-7-13(18)19)17(12)9(3)11-6-8(2)21-10(11)4/h6,9H,5,7H2,1-4H3,(H,18,19). The summed E-state index contributed by atoms with van der Waals surface area (Å²) in [5.74, 6) is 0.0393. The molecule has 0 fully saturated rings. The Morgan fingerprint density at radius 3 is 2.71 bits per heavy atom. The largest absolute Gasteiger partial charge is 0.481 e. The first kappa shape index (κ1) is 16.0. The molecule has 0 amide bonds. The second kappa shape index (κ2) is 6.62. The summed E-state index contributed by atoms with van der Waals surface area (Å²) in [6, 6.07) is 2.30. The van der Waals surface area contributed by atoms with Gasteiger partial charge in [0.2, 0.25) is 0 Å². The molecular formula is C14H19N3O2S2. The Labute approximate surface area is 132 Å². The van der Waals surface area contributed by atoms with Gasteiger partial charge in [-0.3, -0.25) is 9.36 Å². The maximum Gasteiger partial charge on any atom is 0.313 e. The molecule has 2 aromatic heterocycles. The van der Waals surface area contributed by atoms with Gasteiger partial charge in [0.1, 0.15) is 5.82 Å². The zero-order valence-electron chi connectivity index (χ0n) is 12.6. The minimum atomic E-state index is -0.845. The average Bonchev–Trinajstić information content (AvgIpc) is 2.98. The lowest BCUT2D eigenvalue weighted by Crippen LogP contribution is -2.12. The number of carboxylic acids is 1. The van der Waals surface area contributed by atoms with E-state index in [1.54, 1.807) is 11.3 Å². The van der Waals surface area contributed by atoms with E-state index in [0.717, 1.165) is 12.2 Å². The number of aromatic nitrogens is 3. The van der Waals surface area contributed by atoms with Gasteiger partial charge in [-0.15, -0.1) is 21.5 Å². The van der Waals surface area contributed by atoms with Crippen LogP contribution in [0.2, 0.25) is 0 Å². The molecule has 0 aliphatic heterocycles. The van der Waals surface area contributed by atoms with E-state index in [1.807, 2.05) is 6.92 Å². The molecule has 0 saturated carbocycles. The average molecular weight is 325 g/mol. The smallest absolute Gasteiger partial charge is 0.313 e. The highest BCUT2D eigenvalue weighted by Gasteiger charge is 2.21. The summed E-state index contributed by atoms with van der Waals surface area (Å²) in [5, 5.41) is 17.9. The van der Waals surface area contributed by atoms with Crippen molar-refractivity contribution in [3.8, 4) is 0 Å². The fourth-order valence-corrected chi connectivity index (χ4v) is 4.14. The summed E-state index contributed by atoms with van der Waals surface area (Å²) in [6.07, 6.45) is 0.771. The molecule has 0 aliphatic carbocycles. The number of hydrogen-bond acceptors (Lipinski definition) is 5. The summed E-state index contributed by atoms with van der Waals surface area (Å²) in [7, 11) is 0. The lowest BCUT2D eigenvalue weighted by Gasteiger charge is -2.17. The van der Waals surface area contributed by atoms with Crippen molar-refractivity contribution in [1.29, 1.82) is 0 Å². The molecule has 0 saturated heterocycles. The van der Waals surface area contributed by atoms with Gasteiger partial charge >= 0.3 is 5.97 Å². The third-order valence-electron chi connectivity index (χ3n) is 3.29. The first-order chi connectivity index (χ1) is 9.93. The van der Waals surface area contributed by atoms with Crippen LogP contribution in [0.1, 0.15) is 41.0 Å². The van der Waals surface area contributed by atoms with E-state index >= 15 is 0 Å². The molecule has 1 atom stereocenters. The van der Waals surface area contributed by atoms with Crippen molar-refractivity contribution in [2.75, 3.05) is 5.75 Å². The summed E-state index contributed by atoms with van der Waals surface area (Å²) in [4.78, 5) is 13.3. The van der Waals surface area contributed by atoms with Gasteiger partial charge in [0.05, 0.1) is 11.8 Å². The molecule has 0 aliphatic rings. The molecule has 0 aromatic carbocycles. The van der Waals surface area contributed by atoms with Gasteiger partial charge in [0.15, 0.2) is 5.16 Å². The SMILES string of the molecule is CCc1nnc(SCC(=O)O)n1C(C)c1cc(C)sc1C. The number of aryl methyl sites for hydroxylation is 3. The molecule has 2 heterocycles.